The number of hydrogen-bond acceptors (Lipinski definition) is 4. The maximum Gasteiger partial charge on any atom is 0.310 e. The summed E-state index contributed by atoms with van der Waals surface area (Å²) < 4.78 is 12.0. The Morgan fingerprint density at radius 1 is 0.686 bits per heavy atom. The molecule has 4 unspecified atom stereocenters. The van der Waals surface area contributed by atoms with Crippen molar-refractivity contribution in [3.05, 3.63) is 11.1 Å². The minimum absolute atomic E-state index is 0.143. The smallest absolute Gasteiger partial charge is 0.310 e. The van der Waals surface area contributed by atoms with E-state index >= 15 is 0 Å². The summed E-state index contributed by atoms with van der Waals surface area (Å²) in [5.41, 5.74) is 1.70. The zero-order valence-corrected chi connectivity index (χ0v) is 25.2. The number of ether oxygens (including phenoxy) is 2. The molecular formula is C31H54O4. The van der Waals surface area contributed by atoms with Gasteiger partial charge in [-0.05, 0) is 40.9 Å². The first-order valence-corrected chi connectivity index (χ1v) is 13.8. The summed E-state index contributed by atoms with van der Waals surface area (Å²) in [4.78, 5) is 28.1. The highest BCUT2D eigenvalue weighted by Gasteiger charge is 2.75. The largest absolute Gasteiger partial charge is 0.465 e. The third kappa shape index (κ3) is 5.23. The lowest BCUT2D eigenvalue weighted by molar-refractivity contribution is -0.170. The molecule has 0 radical (unpaired) electrons. The van der Waals surface area contributed by atoms with Gasteiger partial charge in [-0.2, -0.15) is 0 Å². The fourth-order valence-electron chi connectivity index (χ4n) is 7.22. The molecule has 0 aromatic carbocycles. The second kappa shape index (κ2) is 9.86. The highest BCUT2D eigenvalue weighted by Crippen LogP contribution is 2.76. The molecule has 0 aromatic heterocycles. The van der Waals surface area contributed by atoms with Crippen LogP contribution in [0.25, 0.3) is 0 Å². The van der Waals surface area contributed by atoms with Crippen LogP contribution in [0.1, 0.15) is 103 Å². The van der Waals surface area contributed by atoms with E-state index in [1.807, 2.05) is 0 Å². The molecule has 1 saturated carbocycles. The van der Waals surface area contributed by atoms with Gasteiger partial charge < -0.3 is 9.47 Å². The van der Waals surface area contributed by atoms with Gasteiger partial charge in [-0.3, -0.25) is 9.59 Å². The highest BCUT2D eigenvalue weighted by molar-refractivity contribution is 5.87. The van der Waals surface area contributed by atoms with Gasteiger partial charge in [-0.15, -0.1) is 0 Å². The van der Waals surface area contributed by atoms with E-state index < -0.39 is 22.7 Å². The molecule has 202 valence electrons. The van der Waals surface area contributed by atoms with Gasteiger partial charge in [0.15, 0.2) is 0 Å². The Morgan fingerprint density at radius 3 is 1.17 bits per heavy atom. The lowest BCUT2D eigenvalue weighted by Gasteiger charge is -2.48. The number of esters is 2. The first kappa shape index (κ1) is 29.9. The lowest BCUT2D eigenvalue weighted by atomic mass is 9.55. The van der Waals surface area contributed by atoms with Crippen molar-refractivity contribution in [1.29, 1.82) is 0 Å². The van der Waals surface area contributed by atoms with E-state index in [4.69, 9.17) is 9.47 Å². The topological polar surface area (TPSA) is 52.6 Å². The van der Waals surface area contributed by atoms with Gasteiger partial charge in [0, 0.05) is 10.8 Å². The molecule has 2 aliphatic rings. The van der Waals surface area contributed by atoms with Crippen LogP contribution >= 0.6 is 0 Å². The summed E-state index contributed by atoms with van der Waals surface area (Å²) in [6, 6.07) is 0. The van der Waals surface area contributed by atoms with E-state index in [1.54, 1.807) is 0 Å². The van der Waals surface area contributed by atoms with E-state index in [1.165, 1.54) is 11.1 Å². The molecule has 4 heteroatoms. The SMILES string of the molecule is CC(C)C1=C(C(C)C)C2(C(C)C)CC1(C(C)C)C(C(=O)OCC(C)(C)C)C2C(=O)OCC(C)(C)C. The fourth-order valence-corrected chi connectivity index (χ4v) is 7.22. The standard InChI is InChI=1S/C31H54O4/c1-18(2)22-23(19(3)4)31(21(7)8)15-30(22,20(5)6)24(26(32)34-16-28(9,10)11)25(31)27(33)35-17-29(12,13)14/h18-21,24-25H,15-17H2,1-14H3. The van der Waals surface area contributed by atoms with Gasteiger partial charge in [0.25, 0.3) is 0 Å². The van der Waals surface area contributed by atoms with E-state index in [-0.39, 0.29) is 34.6 Å². The Labute approximate surface area is 216 Å². The zero-order valence-electron chi connectivity index (χ0n) is 25.2. The van der Waals surface area contributed by atoms with Crippen LogP contribution in [0.5, 0.6) is 0 Å². The van der Waals surface area contributed by atoms with Crippen molar-refractivity contribution in [2.45, 2.75) is 103 Å². The van der Waals surface area contributed by atoms with Crippen LogP contribution < -0.4 is 0 Å². The van der Waals surface area contributed by atoms with Crippen LogP contribution in [0.15, 0.2) is 11.1 Å². The van der Waals surface area contributed by atoms with Crippen molar-refractivity contribution in [3.63, 3.8) is 0 Å². The maximum absolute atomic E-state index is 14.1. The van der Waals surface area contributed by atoms with Gasteiger partial charge in [-0.1, -0.05) is 108 Å². The molecule has 0 spiro atoms. The maximum atomic E-state index is 14.1. The quantitative estimate of drug-likeness (QED) is 0.258. The molecule has 35 heavy (non-hydrogen) atoms. The molecule has 0 amide bonds. The molecule has 2 rings (SSSR count). The van der Waals surface area contributed by atoms with Crippen LogP contribution in [0.2, 0.25) is 0 Å². The first-order valence-electron chi connectivity index (χ1n) is 13.8. The van der Waals surface area contributed by atoms with Gasteiger partial charge in [-0.25, -0.2) is 0 Å². The normalized spacial score (nSPS) is 29.2. The summed E-state index contributed by atoms with van der Waals surface area (Å²) in [6.07, 6.45) is 0.820. The number of rotatable bonds is 8. The molecule has 2 aliphatic carbocycles. The molecule has 1 fully saturated rings. The number of fused-ring (bicyclic) bond motifs is 2. The third-order valence-electron chi connectivity index (χ3n) is 8.34. The Morgan fingerprint density at radius 2 is 0.971 bits per heavy atom. The average Bonchev–Trinajstić information content (AvgIpc) is 3.18. The summed E-state index contributed by atoms with van der Waals surface area (Å²) >= 11 is 0. The van der Waals surface area contributed by atoms with Crippen molar-refractivity contribution < 1.29 is 19.1 Å². The first-order chi connectivity index (χ1) is 15.7. The van der Waals surface area contributed by atoms with Crippen LogP contribution in [0, 0.1) is 57.2 Å². The Balaban J connectivity index is 2.83. The van der Waals surface area contributed by atoms with E-state index in [0.29, 0.717) is 25.0 Å². The van der Waals surface area contributed by atoms with Gasteiger partial charge in [0.2, 0.25) is 0 Å². The zero-order chi connectivity index (χ0) is 27.3. The number of hydrogen-bond donors (Lipinski definition) is 0. The Hall–Kier alpha value is -1.32. The summed E-state index contributed by atoms with van der Waals surface area (Å²) in [5.74, 6) is -0.535. The monoisotopic (exact) mass is 490 g/mol. The lowest BCUT2D eigenvalue weighted by Crippen LogP contribution is -2.51. The Bertz CT molecular complexity index is 765. The number of allylic oxidation sites excluding steroid dienone is 2. The Kier molecular flexibility index (Phi) is 8.42. The van der Waals surface area contributed by atoms with Crippen molar-refractivity contribution in [2.75, 3.05) is 13.2 Å². The van der Waals surface area contributed by atoms with E-state index in [2.05, 4.69) is 96.9 Å². The molecule has 0 saturated heterocycles. The van der Waals surface area contributed by atoms with E-state index in [0.717, 1.165) is 6.42 Å². The minimum Gasteiger partial charge on any atom is -0.465 e. The molecule has 0 aromatic rings. The molecule has 4 nitrogen and oxygen atoms in total. The molecule has 2 bridgehead atoms. The van der Waals surface area contributed by atoms with Crippen LogP contribution in [0.4, 0.5) is 0 Å². The molecule has 4 atom stereocenters. The second-order valence-corrected chi connectivity index (χ2v) is 15.0. The molecular weight excluding hydrogens is 436 g/mol. The number of carbonyl (C=O) groups excluding carboxylic acids is 2. The summed E-state index contributed by atoms with van der Waals surface area (Å²) in [6.45, 7) is 31.0. The number of carbonyl (C=O) groups is 2. The van der Waals surface area contributed by atoms with Crippen LogP contribution in [-0.4, -0.2) is 25.2 Å². The van der Waals surface area contributed by atoms with Gasteiger partial charge in [0.1, 0.15) is 0 Å². The average molecular weight is 491 g/mol. The van der Waals surface area contributed by atoms with Crippen molar-refractivity contribution in [2.24, 2.45) is 57.2 Å². The van der Waals surface area contributed by atoms with Gasteiger partial charge in [0.05, 0.1) is 25.0 Å². The predicted molar refractivity (Wildman–Crippen MR) is 144 cm³/mol. The summed E-state index contributed by atoms with van der Waals surface area (Å²) in [7, 11) is 0. The molecule has 0 aliphatic heterocycles. The second-order valence-electron chi connectivity index (χ2n) is 15.0. The fraction of sp³-hybridized carbons (Fsp3) is 0.871. The van der Waals surface area contributed by atoms with Crippen LogP contribution in [-0.2, 0) is 19.1 Å². The van der Waals surface area contributed by atoms with E-state index in [9.17, 15) is 9.59 Å². The third-order valence-corrected chi connectivity index (χ3v) is 8.34. The van der Waals surface area contributed by atoms with Crippen molar-refractivity contribution >= 4 is 11.9 Å². The molecule has 0 N–H and O–H groups in total. The van der Waals surface area contributed by atoms with Crippen LogP contribution in [0.3, 0.4) is 0 Å². The summed E-state index contributed by atoms with van der Waals surface area (Å²) in [5, 5.41) is 0. The minimum atomic E-state index is -0.528. The van der Waals surface area contributed by atoms with Gasteiger partial charge >= 0.3 is 11.9 Å². The predicted octanol–water partition coefficient (Wildman–Crippen LogP) is 7.71. The van der Waals surface area contributed by atoms with Crippen molar-refractivity contribution in [3.8, 4) is 0 Å². The molecule has 0 heterocycles. The highest BCUT2D eigenvalue weighted by atomic mass is 16.5. The van der Waals surface area contributed by atoms with Crippen molar-refractivity contribution in [1.82, 2.24) is 0 Å².